The first kappa shape index (κ1) is 22.3. The number of aromatic amines is 1. The van der Waals surface area contributed by atoms with Crippen LogP contribution in [0.25, 0.3) is 11.0 Å². The highest BCUT2D eigenvalue weighted by Crippen LogP contribution is 2.44. The van der Waals surface area contributed by atoms with E-state index in [0.717, 1.165) is 25.1 Å². The van der Waals surface area contributed by atoms with E-state index in [0.29, 0.717) is 17.0 Å². The zero-order chi connectivity index (χ0) is 24.9. The Balaban J connectivity index is 1.56. The summed E-state index contributed by atoms with van der Waals surface area (Å²) in [6.45, 7) is 1.67. The molecule has 0 aromatic carbocycles. The maximum Gasteiger partial charge on any atom is 0.433 e. The van der Waals surface area contributed by atoms with Crippen molar-refractivity contribution < 1.29 is 13.2 Å². The van der Waals surface area contributed by atoms with Gasteiger partial charge in [-0.15, -0.1) is 0 Å². The molecule has 0 bridgehead atoms. The lowest BCUT2D eigenvalue weighted by molar-refractivity contribution is -0.141. The quantitative estimate of drug-likeness (QED) is 0.474. The largest absolute Gasteiger partial charge is 0.433 e. The van der Waals surface area contributed by atoms with Crippen molar-refractivity contribution in [3.05, 3.63) is 69.4 Å². The van der Waals surface area contributed by atoms with E-state index in [-0.39, 0.29) is 28.7 Å². The number of pyridine rings is 1. The van der Waals surface area contributed by atoms with Gasteiger partial charge < -0.3 is 4.98 Å². The predicted molar refractivity (Wildman–Crippen MR) is 114 cm³/mol. The maximum absolute atomic E-state index is 12.9. The van der Waals surface area contributed by atoms with Crippen molar-refractivity contribution in [1.82, 2.24) is 34.5 Å². The van der Waals surface area contributed by atoms with E-state index in [1.807, 2.05) is 12.1 Å². The molecular formula is C22H16F3N9O. The molecule has 0 saturated heterocycles. The number of rotatable bonds is 4. The van der Waals surface area contributed by atoms with Crippen LogP contribution < -0.4 is 5.56 Å². The lowest BCUT2D eigenvalue weighted by Crippen LogP contribution is -2.30. The number of alkyl halides is 3. The van der Waals surface area contributed by atoms with Gasteiger partial charge in [0.2, 0.25) is 0 Å². The number of nitrogens with zero attached hydrogens (tertiary/aromatic N) is 8. The monoisotopic (exact) mass is 479 g/mol. The summed E-state index contributed by atoms with van der Waals surface area (Å²) < 4.78 is 41.7. The number of H-pyrrole nitrogens is 1. The second-order valence-electron chi connectivity index (χ2n) is 8.28. The van der Waals surface area contributed by atoms with Crippen LogP contribution in [0.2, 0.25) is 0 Å². The molecule has 0 amide bonds. The number of fused-ring (bicyclic) bond motifs is 1. The minimum Gasteiger partial charge on any atom is -0.309 e. The minimum atomic E-state index is -4.57. The highest BCUT2D eigenvalue weighted by Gasteiger charge is 2.37. The van der Waals surface area contributed by atoms with E-state index in [2.05, 4.69) is 25.1 Å². The van der Waals surface area contributed by atoms with Gasteiger partial charge in [-0.1, -0.05) is 6.07 Å². The summed E-state index contributed by atoms with van der Waals surface area (Å²) in [7, 11) is 0. The molecule has 1 saturated carbocycles. The van der Waals surface area contributed by atoms with Crippen molar-refractivity contribution in [3.63, 3.8) is 0 Å². The topological polar surface area (TPSA) is 142 Å². The van der Waals surface area contributed by atoms with Gasteiger partial charge in [0, 0.05) is 18.3 Å². The lowest BCUT2D eigenvalue weighted by Gasteiger charge is -2.35. The summed E-state index contributed by atoms with van der Waals surface area (Å²) in [5, 5.41) is 27.0. The lowest BCUT2D eigenvalue weighted by atomic mass is 9.79. The van der Waals surface area contributed by atoms with Crippen LogP contribution in [0.1, 0.15) is 66.1 Å². The Morgan fingerprint density at radius 3 is 2.57 bits per heavy atom. The summed E-state index contributed by atoms with van der Waals surface area (Å²) in [4.78, 5) is 23.8. The molecule has 0 radical (unpaired) electrons. The molecule has 1 N–H and O–H groups in total. The Labute approximate surface area is 195 Å². The molecule has 13 heteroatoms. The summed E-state index contributed by atoms with van der Waals surface area (Å²) in [5.41, 5.74) is -0.725. The fourth-order valence-corrected chi connectivity index (χ4v) is 4.24. The first-order valence-electron chi connectivity index (χ1n) is 10.6. The van der Waals surface area contributed by atoms with Crippen molar-refractivity contribution in [2.45, 2.75) is 43.9 Å². The van der Waals surface area contributed by atoms with Crippen LogP contribution in [0.3, 0.4) is 0 Å². The van der Waals surface area contributed by atoms with Gasteiger partial charge in [-0.3, -0.25) is 14.5 Å². The smallest absolute Gasteiger partial charge is 0.309 e. The molecule has 4 aromatic rings. The van der Waals surface area contributed by atoms with Crippen LogP contribution in [0, 0.1) is 22.7 Å². The molecule has 1 aliphatic carbocycles. The number of hydrogen-bond acceptors (Lipinski definition) is 7. The van der Waals surface area contributed by atoms with Gasteiger partial charge in [0.1, 0.15) is 29.0 Å². The highest BCUT2D eigenvalue weighted by atomic mass is 19.4. The van der Waals surface area contributed by atoms with Gasteiger partial charge in [-0.25, -0.2) is 9.67 Å². The van der Waals surface area contributed by atoms with E-state index >= 15 is 0 Å². The third kappa shape index (κ3) is 3.71. The first-order valence-corrected chi connectivity index (χ1v) is 10.6. The number of aromatic nitrogens is 7. The summed E-state index contributed by atoms with van der Waals surface area (Å²) in [5.74, 6) is 0.201. The van der Waals surface area contributed by atoms with Crippen molar-refractivity contribution >= 4 is 11.0 Å². The zero-order valence-corrected chi connectivity index (χ0v) is 18.2. The zero-order valence-electron chi connectivity index (χ0n) is 18.2. The average molecular weight is 479 g/mol. The van der Waals surface area contributed by atoms with Gasteiger partial charge >= 0.3 is 6.18 Å². The van der Waals surface area contributed by atoms with Crippen LogP contribution in [0.5, 0.6) is 0 Å². The molecule has 35 heavy (non-hydrogen) atoms. The van der Waals surface area contributed by atoms with Crippen molar-refractivity contribution in [2.75, 3.05) is 0 Å². The second kappa shape index (κ2) is 8.06. The Kier molecular flexibility index (Phi) is 5.13. The summed E-state index contributed by atoms with van der Waals surface area (Å²) in [6.07, 6.45) is 1.11. The normalized spacial score (nSPS) is 18.6. The van der Waals surface area contributed by atoms with Crippen molar-refractivity contribution in [1.29, 1.82) is 10.5 Å². The van der Waals surface area contributed by atoms with E-state index < -0.39 is 23.5 Å². The van der Waals surface area contributed by atoms with Crippen LogP contribution in [0.15, 0.2) is 35.5 Å². The molecule has 176 valence electrons. The minimum absolute atomic E-state index is 0.00435. The number of nitrogens with one attached hydrogen (secondary N) is 1. The predicted octanol–water partition coefficient (Wildman–Crippen LogP) is 3.20. The van der Waals surface area contributed by atoms with Gasteiger partial charge in [-0.05, 0) is 31.4 Å². The van der Waals surface area contributed by atoms with Crippen LogP contribution in [-0.2, 0) is 6.18 Å². The molecule has 1 aliphatic rings. The Morgan fingerprint density at radius 1 is 1.20 bits per heavy atom. The van der Waals surface area contributed by atoms with Crippen LogP contribution in [-0.4, -0.2) is 34.5 Å². The third-order valence-corrected chi connectivity index (χ3v) is 6.27. The number of hydrogen-bond donors (Lipinski definition) is 1. The van der Waals surface area contributed by atoms with E-state index in [1.54, 1.807) is 17.8 Å². The molecular weight excluding hydrogens is 463 g/mol. The second-order valence-corrected chi connectivity index (χ2v) is 8.28. The van der Waals surface area contributed by atoms with Crippen LogP contribution in [0.4, 0.5) is 13.2 Å². The molecule has 5 rings (SSSR count). The molecule has 4 heterocycles. The molecule has 4 aromatic heterocycles. The van der Waals surface area contributed by atoms with Crippen molar-refractivity contribution in [2.24, 2.45) is 0 Å². The van der Waals surface area contributed by atoms with E-state index in [4.69, 9.17) is 5.26 Å². The standard InChI is InChI=1S/C22H16F3N9O/c1-11(13-2-5-17(28-9-13)22(23,24)25)34-20-18(15(7-27)32-34)21(35)31-19(30-20)14-3-4-16(14)33-10-12(6-26)8-29-33/h2,5,8-11,14,16H,3-4H2,1H3,(H,30,31,35)/t11-,14-,16-/m0/s1. The fourth-order valence-electron chi connectivity index (χ4n) is 4.24. The van der Waals surface area contributed by atoms with Gasteiger partial charge in [0.25, 0.3) is 5.56 Å². The summed E-state index contributed by atoms with van der Waals surface area (Å²) in [6, 6.07) is 5.30. The van der Waals surface area contributed by atoms with Gasteiger partial charge in [-0.2, -0.15) is 33.9 Å². The molecule has 0 aliphatic heterocycles. The molecule has 0 unspecified atom stereocenters. The molecule has 0 spiro atoms. The van der Waals surface area contributed by atoms with Crippen molar-refractivity contribution in [3.8, 4) is 12.1 Å². The molecule has 1 fully saturated rings. The van der Waals surface area contributed by atoms with E-state index in [1.165, 1.54) is 16.9 Å². The number of nitriles is 2. The highest BCUT2D eigenvalue weighted by molar-refractivity contribution is 5.80. The molecule has 10 nitrogen and oxygen atoms in total. The SMILES string of the molecule is C[C@@H](c1ccc(C(F)(F)F)nc1)n1nc(C#N)c2c(=O)[nH]c([C@H]3CC[C@@H]3n3cc(C#N)cn3)nc21. The fraction of sp³-hybridized carbons (Fsp3) is 0.318. The summed E-state index contributed by atoms with van der Waals surface area (Å²) >= 11 is 0. The maximum atomic E-state index is 12.9. The first-order chi connectivity index (χ1) is 16.7. The Hall–Kier alpha value is -4.52. The van der Waals surface area contributed by atoms with E-state index in [9.17, 15) is 23.2 Å². The van der Waals surface area contributed by atoms with Crippen LogP contribution >= 0.6 is 0 Å². The molecule has 3 atom stereocenters. The van der Waals surface area contributed by atoms with Gasteiger partial charge in [0.05, 0.1) is 23.8 Å². The van der Waals surface area contributed by atoms with Gasteiger partial charge in [0.15, 0.2) is 11.3 Å². The third-order valence-electron chi connectivity index (χ3n) is 6.27. The Bertz CT molecular complexity index is 1570. The number of halogens is 3. The average Bonchev–Trinajstić information content (AvgIpc) is 3.42. The Morgan fingerprint density at radius 2 is 2.00 bits per heavy atom.